The molecular formula is C20H21N5O7. The number of phenols is 1. The number of aromatic nitrogens is 4. The number of fused-ring (bicyclic) bond motifs is 2. The van der Waals surface area contributed by atoms with Crippen molar-refractivity contribution in [2.75, 3.05) is 12.3 Å². The molecule has 2 aromatic heterocycles. The van der Waals surface area contributed by atoms with Gasteiger partial charge in [0.25, 0.3) is 5.56 Å². The number of imidazole rings is 1. The van der Waals surface area contributed by atoms with Crippen molar-refractivity contribution in [2.24, 2.45) is 0 Å². The smallest absolute Gasteiger partial charge is 0.333 e. The molecular weight excluding hydrogens is 422 g/mol. The predicted molar refractivity (Wildman–Crippen MR) is 111 cm³/mol. The number of benzene rings is 1. The third kappa shape index (κ3) is 3.04. The Bertz CT molecular complexity index is 1310. The summed E-state index contributed by atoms with van der Waals surface area (Å²) in [6.07, 6.45) is -2.73. The van der Waals surface area contributed by atoms with Crippen LogP contribution in [0.2, 0.25) is 0 Å². The molecule has 2 saturated heterocycles. The number of ether oxygens (including phenoxy) is 3. The first-order valence-corrected chi connectivity index (χ1v) is 9.90. The first-order valence-electron chi connectivity index (χ1n) is 9.90. The largest absolute Gasteiger partial charge is 0.508 e. The second kappa shape index (κ2) is 7.60. The first kappa shape index (κ1) is 20.5. The fourth-order valence-electron chi connectivity index (χ4n) is 4.25. The van der Waals surface area contributed by atoms with Crippen LogP contribution in [0.4, 0.5) is 5.95 Å². The second-order valence-electron chi connectivity index (χ2n) is 7.55. The van der Waals surface area contributed by atoms with E-state index >= 15 is 0 Å². The number of nitrogen functional groups attached to an aromatic ring is 1. The van der Waals surface area contributed by atoms with Crippen molar-refractivity contribution in [1.82, 2.24) is 19.1 Å². The summed E-state index contributed by atoms with van der Waals surface area (Å²) in [6, 6.07) is 6.39. The SMILES string of the molecule is C=CCn1c(=O)n(C2OC(CO)C3OC(c4cccc(O)c4)OC32)c2nc(N)[nH]c(=O)c21. The van der Waals surface area contributed by atoms with Crippen LogP contribution in [-0.4, -0.2) is 54.2 Å². The molecule has 1 aromatic carbocycles. The number of anilines is 1. The topological polar surface area (TPSA) is 167 Å². The van der Waals surface area contributed by atoms with Crippen molar-refractivity contribution < 1.29 is 24.4 Å². The molecule has 0 spiro atoms. The van der Waals surface area contributed by atoms with E-state index in [1.54, 1.807) is 12.1 Å². The van der Waals surface area contributed by atoms with E-state index in [4.69, 9.17) is 19.9 Å². The summed E-state index contributed by atoms with van der Waals surface area (Å²) >= 11 is 0. The van der Waals surface area contributed by atoms with Crippen LogP contribution in [0.3, 0.4) is 0 Å². The van der Waals surface area contributed by atoms with Crippen LogP contribution in [0.1, 0.15) is 18.1 Å². The van der Waals surface area contributed by atoms with E-state index in [1.165, 1.54) is 27.3 Å². The molecule has 5 rings (SSSR count). The maximum atomic E-state index is 13.3. The summed E-state index contributed by atoms with van der Waals surface area (Å²) < 4.78 is 20.3. The Morgan fingerprint density at radius 1 is 1.25 bits per heavy atom. The van der Waals surface area contributed by atoms with Gasteiger partial charge in [0.15, 0.2) is 23.7 Å². The molecule has 0 aliphatic carbocycles. The zero-order valence-corrected chi connectivity index (χ0v) is 16.7. The third-order valence-corrected chi connectivity index (χ3v) is 5.57. The fourth-order valence-corrected chi connectivity index (χ4v) is 4.25. The van der Waals surface area contributed by atoms with Crippen molar-refractivity contribution in [1.29, 1.82) is 0 Å². The maximum Gasteiger partial charge on any atom is 0.333 e. The molecule has 2 aliphatic rings. The lowest BCUT2D eigenvalue weighted by Crippen LogP contribution is -2.34. The lowest BCUT2D eigenvalue weighted by atomic mass is 10.1. The predicted octanol–water partition coefficient (Wildman–Crippen LogP) is -0.267. The molecule has 3 aromatic rings. The van der Waals surface area contributed by atoms with Gasteiger partial charge in [-0.3, -0.25) is 14.3 Å². The molecule has 5 atom stereocenters. The van der Waals surface area contributed by atoms with Crippen molar-refractivity contribution in [3.8, 4) is 5.75 Å². The van der Waals surface area contributed by atoms with E-state index < -0.39 is 42.1 Å². The van der Waals surface area contributed by atoms with Gasteiger partial charge >= 0.3 is 5.69 Å². The molecule has 12 nitrogen and oxygen atoms in total. The minimum absolute atomic E-state index is 0.0140. The molecule has 0 amide bonds. The summed E-state index contributed by atoms with van der Waals surface area (Å²) in [5.41, 5.74) is 5.17. The number of aliphatic hydroxyl groups is 1. The number of phenolic OH excluding ortho intramolecular Hbond substituents is 1. The number of allylic oxidation sites excluding steroid dienone is 1. The number of aliphatic hydroxyl groups excluding tert-OH is 1. The molecule has 0 bridgehead atoms. The molecule has 12 heteroatoms. The molecule has 4 heterocycles. The summed E-state index contributed by atoms with van der Waals surface area (Å²) in [5, 5.41) is 19.6. The molecule has 5 unspecified atom stereocenters. The van der Waals surface area contributed by atoms with Gasteiger partial charge in [0, 0.05) is 12.1 Å². The van der Waals surface area contributed by atoms with Crippen molar-refractivity contribution in [3.63, 3.8) is 0 Å². The van der Waals surface area contributed by atoms with Crippen molar-refractivity contribution >= 4 is 17.1 Å². The van der Waals surface area contributed by atoms with Gasteiger partial charge in [-0.25, -0.2) is 9.36 Å². The quantitative estimate of drug-likeness (QED) is 0.388. The lowest BCUT2D eigenvalue weighted by molar-refractivity contribution is -0.154. The van der Waals surface area contributed by atoms with Gasteiger partial charge in [-0.1, -0.05) is 18.2 Å². The number of hydrogen-bond donors (Lipinski definition) is 4. The van der Waals surface area contributed by atoms with E-state index in [0.29, 0.717) is 5.56 Å². The molecule has 0 radical (unpaired) electrons. The molecule has 2 aliphatic heterocycles. The molecule has 5 N–H and O–H groups in total. The zero-order valence-electron chi connectivity index (χ0n) is 16.7. The van der Waals surface area contributed by atoms with Gasteiger partial charge in [-0.2, -0.15) is 4.98 Å². The lowest BCUT2D eigenvalue weighted by Gasteiger charge is -2.20. The molecule has 0 saturated carbocycles. The van der Waals surface area contributed by atoms with E-state index in [2.05, 4.69) is 16.5 Å². The van der Waals surface area contributed by atoms with Gasteiger partial charge in [0.05, 0.1) is 6.61 Å². The summed E-state index contributed by atoms with van der Waals surface area (Å²) in [7, 11) is 0. The van der Waals surface area contributed by atoms with Crippen molar-refractivity contribution in [2.45, 2.75) is 37.4 Å². The minimum Gasteiger partial charge on any atom is -0.508 e. The number of aromatic hydroxyl groups is 1. The highest BCUT2D eigenvalue weighted by Gasteiger charge is 2.54. The van der Waals surface area contributed by atoms with Gasteiger partial charge in [0.2, 0.25) is 5.95 Å². The number of nitrogens with two attached hydrogens (primary N) is 1. The monoisotopic (exact) mass is 443 g/mol. The Labute approximate surface area is 180 Å². The van der Waals surface area contributed by atoms with Crippen LogP contribution >= 0.6 is 0 Å². The molecule has 32 heavy (non-hydrogen) atoms. The fraction of sp³-hybridized carbons (Fsp3) is 0.350. The number of nitrogens with zero attached hydrogens (tertiary/aromatic N) is 3. The molecule has 168 valence electrons. The normalized spacial score (nSPS) is 27.1. The molecule has 2 fully saturated rings. The van der Waals surface area contributed by atoms with Crippen LogP contribution in [0, 0.1) is 0 Å². The van der Waals surface area contributed by atoms with Crippen molar-refractivity contribution in [3.05, 3.63) is 63.3 Å². The highest BCUT2D eigenvalue weighted by atomic mass is 16.8. The second-order valence-corrected chi connectivity index (χ2v) is 7.55. The highest BCUT2D eigenvalue weighted by Crippen LogP contribution is 2.44. The Morgan fingerprint density at radius 3 is 2.75 bits per heavy atom. The van der Waals surface area contributed by atoms with E-state index in [0.717, 1.165) is 0 Å². The van der Waals surface area contributed by atoms with Gasteiger partial charge in [-0.15, -0.1) is 6.58 Å². The van der Waals surface area contributed by atoms with Crippen LogP contribution in [-0.2, 0) is 20.8 Å². The number of rotatable bonds is 5. The van der Waals surface area contributed by atoms with Crippen LogP contribution in [0.5, 0.6) is 5.75 Å². The van der Waals surface area contributed by atoms with E-state index in [-0.39, 0.29) is 36.0 Å². The number of hydrogen-bond acceptors (Lipinski definition) is 9. The Kier molecular flexibility index (Phi) is 4.86. The Morgan fingerprint density at radius 2 is 2.03 bits per heavy atom. The number of aromatic amines is 1. The van der Waals surface area contributed by atoms with Crippen LogP contribution < -0.4 is 17.0 Å². The van der Waals surface area contributed by atoms with E-state index in [1.807, 2.05) is 0 Å². The highest BCUT2D eigenvalue weighted by molar-refractivity contribution is 5.72. The minimum atomic E-state index is -1.05. The van der Waals surface area contributed by atoms with E-state index in [9.17, 15) is 19.8 Å². The van der Waals surface area contributed by atoms with Crippen LogP contribution in [0.25, 0.3) is 11.2 Å². The standard InChI is InChI=1S/C20H21N5O7/c1-2-6-24-12-15(22-19(21)23-16(12)28)25(20(24)29)17-14-13(11(8-26)30-17)31-18(32-14)9-4-3-5-10(27)7-9/h2-5,7,11,13-14,17-18,26-27H,1,6,8H2,(H3,21,22,23,28). The average Bonchev–Trinajstić information content (AvgIpc) is 3.40. The Hall–Kier alpha value is -3.45. The maximum absolute atomic E-state index is 13.3. The van der Waals surface area contributed by atoms with Gasteiger partial charge in [-0.05, 0) is 12.1 Å². The summed E-state index contributed by atoms with van der Waals surface area (Å²) in [6.45, 7) is 3.31. The zero-order chi connectivity index (χ0) is 22.6. The van der Waals surface area contributed by atoms with Gasteiger partial charge < -0.3 is 30.2 Å². The third-order valence-electron chi connectivity index (χ3n) is 5.57. The van der Waals surface area contributed by atoms with Crippen LogP contribution in [0.15, 0.2) is 46.5 Å². The first-order chi connectivity index (χ1) is 15.4. The average molecular weight is 443 g/mol. The summed E-state index contributed by atoms with van der Waals surface area (Å²) in [5.74, 6) is -0.123. The number of H-pyrrole nitrogens is 1. The number of nitrogens with one attached hydrogen (secondary N) is 1. The summed E-state index contributed by atoms with van der Waals surface area (Å²) in [4.78, 5) is 32.4. The van der Waals surface area contributed by atoms with Gasteiger partial charge in [0.1, 0.15) is 24.1 Å². The Balaban J connectivity index is 1.62.